The number of likely N-dealkylation sites (tertiary alicyclic amines) is 1. The third-order valence-corrected chi connectivity index (χ3v) is 8.01. The van der Waals surface area contributed by atoms with Crippen LogP contribution < -0.4 is 9.64 Å². The van der Waals surface area contributed by atoms with Gasteiger partial charge in [0.2, 0.25) is 0 Å². The van der Waals surface area contributed by atoms with Crippen molar-refractivity contribution < 1.29 is 14.3 Å². The summed E-state index contributed by atoms with van der Waals surface area (Å²) in [5.74, 6) is 1.08. The molecule has 0 aliphatic carbocycles. The molecular weight excluding hydrogens is 544 g/mol. The van der Waals surface area contributed by atoms with Crippen molar-refractivity contribution in [1.29, 1.82) is 0 Å². The Morgan fingerprint density at radius 3 is 2.29 bits per heavy atom. The van der Waals surface area contributed by atoms with Crippen LogP contribution >= 0.6 is 15.9 Å². The van der Waals surface area contributed by atoms with Gasteiger partial charge in [0.05, 0.1) is 18.4 Å². The lowest BCUT2D eigenvalue weighted by molar-refractivity contribution is 0.0702. The van der Waals surface area contributed by atoms with Crippen molar-refractivity contribution in [3.05, 3.63) is 87.7 Å². The van der Waals surface area contributed by atoms with E-state index in [0.717, 1.165) is 53.2 Å². The zero-order valence-electron chi connectivity index (χ0n) is 21.9. The van der Waals surface area contributed by atoms with Crippen LogP contribution in [0.5, 0.6) is 5.75 Å². The van der Waals surface area contributed by atoms with Gasteiger partial charge in [0.25, 0.3) is 11.8 Å². The van der Waals surface area contributed by atoms with Gasteiger partial charge >= 0.3 is 0 Å². The molecule has 0 spiro atoms. The van der Waals surface area contributed by atoms with Gasteiger partial charge in [-0.05, 0) is 62.2 Å². The summed E-state index contributed by atoms with van der Waals surface area (Å²) in [7, 11) is 1.67. The van der Waals surface area contributed by atoms with E-state index in [4.69, 9.17) is 9.72 Å². The first-order valence-electron chi connectivity index (χ1n) is 13.1. The second kappa shape index (κ2) is 11.6. The fourth-order valence-corrected chi connectivity index (χ4v) is 5.77. The number of carbonyl (C=O) groups excluding carboxylic acids is 2. The van der Waals surface area contributed by atoms with Crippen molar-refractivity contribution >= 4 is 33.4 Å². The zero-order chi connectivity index (χ0) is 26.6. The molecule has 7 nitrogen and oxygen atoms in total. The summed E-state index contributed by atoms with van der Waals surface area (Å²) >= 11 is 3.45. The molecule has 0 saturated carbocycles. The van der Waals surface area contributed by atoms with Gasteiger partial charge < -0.3 is 19.4 Å². The van der Waals surface area contributed by atoms with Crippen molar-refractivity contribution in [2.75, 3.05) is 51.3 Å². The molecule has 1 aromatic heterocycles. The largest absolute Gasteiger partial charge is 0.497 e. The Labute approximate surface area is 232 Å². The Morgan fingerprint density at radius 1 is 0.868 bits per heavy atom. The average molecular weight is 578 g/mol. The highest BCUT2D eigenvalue weighted by molar-refractivity contribution is 9.10. The van der Waals surface area contributed by atoms with E-state index in [0.29, 0.717) is 37.3 Å². The summed E-state index contributed by atoms with van der Waals surface area (Å²) in [5, 5.41) is 0. The van der Waals surface area contributed by atoms with Crippen LogP contribution in [0.2, 0.25) is 0 Å². The Morgan fingerprint density at radius 2 is 1.58 bits per heavy atom. The van der Waals surface area contributed by atoms with Crippen LogP contribution in [0.3, 0.4) is 0 Å². The predicted octanol–water partition coefficient (Wildman–Crippen LogP) is 5.14. The number of aromatic nitrogens is 1. The normalized spacial score (nSPS) is 16.4. The number of nitrogens with zero attached hydrogens (tertiary/aromatic N) is 4. The standard InChI is InChI=1S/C30H33BrN4O3/c1-21-9-10-27(30(37)35-17-15-33(16-18-35)25-7-4-8-26(20-25)38-2)28(32-21)22-11-13-34(14-12-22)29(36)23-5-3-6-24(31)19-23/h3-10,19-20,22H,11-18H2,1-2H3. The third kappa shape index (κ3) is 5.70. The lowest BCUT2D eigenvalue weighted by Gasteiger charge is -2.37. The van der Waals surface area contributed by atoms with Gasteiger partial charge in [0.1, 0.15) is 5.75 Å². The number of rotatable bonds is 5. The molecule has 0 atom stereocenters. The zero-order valence-corrected chi connectivity index (χ0v) is 23.5. The number of benzene rings is 2. The lowest BCUT2D eigenvalue weighted by Crippen LogP contribution is -2.49. The summed E-state index contributed by atoms with van der Waals surface area (Å²) < 4.78 is 6.27. The number of carbonyl (C=O) groups is 2. The number of anilines is 1. The van der Waals surface area contributed by atoms with E-state index in [1.54, 1.807) is 7.11 Å². The molecule has 3 aromatic rings. The molecule has 0 N–H and O–H groups in total. The monoisotopic (exact) mass is 576 g/mol. The van der Waals surface area contributed by atoms with E-state index >= 15 is 0 Å². The minimum atomic E-state index is 0.0467. The Balaban J connectivity index is 1.25. The number of ether oxygens (including phenoxy) is 1. The predicted molar refractivity (Wildman–Crippen MR) is 152 cm³/mol. The van der Waals surface area contributed by atoms with Gasteiger partial charge in [-0.15, -0.1) is 0 Å². The van der Waals surface area contributed by atoms with Gasteiger partial charge in [0.15, 0.2) is 0 Å². The highest BCUT2D eigenvalue weighted by Crippen LogP contribution is 2.31. The number of methoxy groups -OCH3 is 1. The van der Waals surface area contributed by atoms with Crippen molar-refractivity contribution in [2.24, 2.45) is 0 Å². The van der Waals surface area contributed by atoms with Crippen LogP contribution in [0.4, 0.5) is 5.69 Å². The van der Waals surface area contributed by atoms with Crippen LogP contribution in [0, 0.1) is 6.92 Å². The topological polar surface area (TPSA) is 66.0 Å². The Hall–Kier alpha value is -3.39. The van der Waals surface area contributed by atoms with E-state index in [1.165, 1.54) is 0 Å². The SMILES string of the molecule is COc1cccc(N2CCN(C(=O)c3ccc(C)nc3C3CCN(C(=O)c4cccc(Br)c4)CC3)CC2)c1. The lowest BCUT2D eigenvalue weighted by atomic mass is 9.89. The number of piperidine rings is 1. The minimum Gasteiger partial charge on any atom is -0.497 e. The molecule has 2 aliphatic heterocycles. The summed E-state index contributed by atoms with van der Waals surface area (Å²) in [5.41, 5.74) is 4.28. The first kappa shape index (κ1) is 26.2. The second-order valence-electron chi connectivity index (χ2n) is 9.94. The molecule has 38 heavy (non-hydrogen) atoms. The molecule has 2 amide bonds. The maximum atomic E-state index is 13.7. The highest BCUT2D eigenvalue weighted by atomic mass is 79.9. The summed E-state index contributed by atoms with van der Waals surface area (Å²) in [6.45, 7) is 6.12. The first-order chi connectivity index (χ1) is 18.4. The summed E-state index contributed by atoms with van der Waals surface area (Å²) in [6.07, 6.45) is 1.58. The van der Waals surface area contributed by atoms with Crippen LogP contribution in [0.25, 0.3) is 0 Å². The molecule has 0 bridgehead atoms. The van der Waals surface area contributed by atoms with Crippen LogP contribution in [-0.2, 0) is 0 Å². The molecule has 2 saturated heterocycles. The number of hydrogen-bond donors (Lipinski definition) is 0. The second-order valence-corrected chi connectivity index (χ2v) is 10.9. The van der Waals surface area contributed by atoms with Gasteiger partial charge in [-0.1, -0.05) is 28.1 Å². The van der Waals surface area contributed by atoms with Crippen molar-refractivity contribution in [3.8, 4) is 5.75 Å². The molecule has 0 unspecified atom stereocenters. The van der Waals surface area contributed by atoms with Crippen molar-refractivity contribution in [3.63, 3.8) is 0 Å². The average Bonchev–Trinajstić information content (AvgIpc) is 2.96. The van der Waals surface area contributed by atoms with E-state index < -0.39 is 0 Å². The van der Waals surface area contributed by atoms with E-state index in [-0.39, 0.29) is 17.7 Å². The molecule has 2 aromatic carbocycles. The van der Waals surface area contributed by atoms with Gasteiger partial charge in [-0.3, -0.25) is 14.6 Å². The molecule has 8 heteroatoms. The van der Waals surface area contributed by atoms with Gasteiger partial charge in [-0.25, -0.2) is 0 Å². The van der Waals surface area contributed by atoms with Crippen LogP contribution in [0.1, 0.15) is 50.9 Å². The van der Waals surface area contributed by atoms with Gasteiger partial charge in [-0.2, -0.15) is 0 Å². The number of hydrogen-bond acceptors (Lipinski definition) is 5. The molecular formula is C30H33BrN4O3. The highest BCUT2D eigenvalue weighted by Gasteiger charge is 2.31. The number of piperazine rings is 1. The van der Waals surface area contributed by atoms with Crippen molar-refractivity contribution in [1.82, 2.24) is 14.8 Å². The Bertz CT molecular complexity index is 1310. The number of amides is 2. The number of aryl methyl sites for hydroxylation is 1. The van der Waals surface area contributed by atoms with E-state index in [9.17, 15) is 9.59 Å². The van der Waals surface area contributed by atoms with Crippen LogP contribution in [-0.4, -0.2) is 73.0 Å². The molecule has 0 radical (unpaired) electrons. The number of pyridine rings is 1. The van der Waals surface area contributed by atoms with Crippen LogP contribution in [0.15, 0.2) is 65.1 Å². The maximum Gasteiger partial charge on any atom is 0.255 e. The smallest absolute Gasteiger partial charge is 0.255 e. The third-order valence-electron chi connectivity index (χ3n) is 7.52. The number of halogens is 1. The van der Waals surface area contributed by atoms with Crippen molar-refractivity contribution in [2.45, 2.75) is 25.7 Å². The molecule has 198 valence electrons. The van der Waals surface area contributed by atoms with E-state index in [2.05, 4.69) is 26.9 Å². The fourth-order valence-electron chi connectivity index (χ4n) is 5.37. The summed E-state index contributed by atoms with van der Waals surface area (Å²) in [6, 6.07) is 19.4. The van der Waals surface area contributed by atoms with Gasteiger partial charge in [0, 0.05) is 72.7 Å². The van der Waals surface area contributed by atoms with E-state index in [1.807, 2.05) is 71.3 Å². The molecule has 5 rings (SSSR count). The first-order valence-corrected chi connectivity index (χ1v) is 13.9. The summed E-state index contributed by atoms with van der Waals surface area (Å²) in [4.78, 5) is 37.7. The quantitative estimate of drug-likeness (QED) is 0.420. The molecule has 2 aliphatic rings. The minimum absolute atomic E-state index is 0.0467. The molecule has 2 fully saturated rings. The Kier molecular flexibility index (Phi) is 7.98. The molecule has 3 heterocycles. The fraction of sp³-hybridized carbons (Fsp3) is 0.367. The maximum absolute atomic E-state index is 13.7.